The minimum atomic E-state index is 0.665. The predicted octanol–water partition coefficient (Wildman–Crippen LogP) is 8.21. The molecule has 1 atom stereocenters. The van der Waals surface area contributed by atoms with E-state index in [0.717, 1.165) is 30.6 Å². The summed E-state index contributed by atoms with van der Waals surface area (Å²) in [7, 11) is 0. The van der Waals surface area contributed by atoms with Crippen molar-refractivity contribution in [3.63, 3.8) is 0 Å². The van der Waals surface area contributed by atoms with E-state index in [0.29, 0.717) is 5.92 Å². The summed E-state index contributed by atoms with van der Waals surface area (Å²) in [4.78, 5) is 0. The van der Waals surface area contributed by atoms with Crippen molar-refractivity contribution >= 4 is 0 Å². The van der Waals surface area contributed by atoms with Gasteiger partial charge in [0.25, 0.3) is 0 Å². The highest BCUT2D eigenvalue weighted by Gasteiger charge is 2.23. The lowest BCUT2D eigenvalue weighted by molar-refractivity contribution is 0.305. The zero-order valence-corrected chi connectivity index (χ0v) is 19.2. The largest absolute Gasteiger partial charge is 0.494 e. The van der Waals surface area contributed by atoms with Crippen LogP contribution in [-0.2, 0) is 12.8 Å². The summed E-state index contributed by atoms with van der Waals surface area (Å²) in [6, 6.07) is 16.5. The quantitative estimate of drug-likeness (QED) is 0.403. The van der Waals surface area contributed by atoms with Crippen molar-refractivity contribution in [3.8, 4) is 5.75 Å². The third-order valence-corrected chi connectivity index (χ3v) is 7.73. The van der Waals surface area contributed by atoms with Crippen molar-refractivity contribution < 1.29 is 4.74 Å². The van der Waals surface area contributed by atoms with E-state index in [4.69, 9.17) is 4.74 Å². The number of benzene rings is 2. The van der Waals surface area contributed by atoms with Crippen LogP contribution in [0.15, 0.2) is 42.5 Å². The van der Waals surface area contributed by atoms with Crippen LogP contribution < -0.4 is 4.74 Å². The molecule has 4 rings (SSSR count). The fourth-order valence-corrected chi connectivity index (χ4v) is 5.59. The van der Waals surface area contributed by atoms with Crippen molar-refractivity contribution in [2.45, 2.75) is 96.3 Å². The third-order valence-electron chi connectivity index (χ3n) is 7.73. The standard InChI is InChI=1S/C29H40O/c1-3-5-6-19-30-29-18-17-27-20-26(15-16-28(27)21-29)25-13-11-24(12-14-25)23-9-7-22(4-2)8-10-23/h11-14,17-18,21-23,26H,3-10,15-16,19-20H2,1-2H3. The second-order valence-electron chi connectivity index (χ2n) is 9.72. The van der Waals surface area contributed by atoms with E-state index < -0.39 is 0 Å². The highest BCUT2D eigenvalue weighted by atomic mass is 16.5. The second-order valence-corrected chi connectivity index (χ2v) is 9.72. The molecule has 2 aliphatic rings. The first-order valence-corrected chi connectivity index (χ1v) is 12.6. The maximum atomic E-state index is 5.97. The second kappa shape index (κ2) is 10.5. The first-order chi connectivity index (χ1) is 14.8. The molecule has 1 nitrogen and oxygen atoms in total. The molecule has 0 N–H and O–H groups in total. The molecular formula is C29H40O. The molecule has 2 aromatic rings. The van der Waals surface area contributed by atoms with Crippen molar-refractivity contribution in [1.82, 2.24) is 0 Å². The third kappa shape index (κ3) is 5.29. The average molecular weight is 405 g/mol. The first-order valence-electron chi connectivity index (χ1n) is 12.6. The van der Waals surface area contributed by atoms with Gasteiger partial charge in [-0.05, 0) is 104 Å². The minimum Gasteiger partial charge on any atom is -0.494 e. The van der Waals surface area contributed by atoms with Crippen LogP contribution in [0.5, 0.6) is 5.75 Å². The minimum absolute atomic E-state index is 0.665. The summed E-state index contributed by atoms with van der Waals surface area (Å²) in [5, 5.41) is 0. The number of ether oxygens (including phenoxy) is 1. The van der Waals surface area contributed by atoms with Gasteiger partial charge in [-0.25, -0.2) is 0 Å². The van der Waals surface area contributed by atoms with Crippen LogP contribution in [0.2, 0.25) is 0 Å². The molecular weight excluding hydrogens is 364 g/mol. The first kappa shape index (κ1) is 21.5. The van der Waals surface area contributed by atoms with Crippen LogP contribution >= 0.6 is 0 Å². The van der Waals surface area contributed by atoms with Crippen molar-refractivity contribution in [3.05, 3.63) is 64.7 Å². The van der Waals surface area contributed by atoms with Crippen LogP contribution in [0.1, 0.15) is 106 Å². The molecule has 1 unspecified atom stereocenters. The number of hydrogen-bond donors (Lipinski definition) is 0. The smallest absolute Gasteiger partial charge is 0.119 e. The SMILES string of the molecule is CCCCCOc1ccc2c(c1)CCC(c1ccc(C3CCC(CC)CC3)cc1)C2. The van der Waals surface area contributed by atoms with E-state index >= 15 is 0 Å². The summed E-state index contributed by atoms with van der Waals surface area (Å²) in [6.45, 7) is 5.44. The lowest BCUT2D eigenvalue weighted by Crippen LogP contribution is -2.14. The zero-order chi connectivity index (χ0) is 20.8. The fourth-order valence-electron chi connectivity index (χ4n) is 5.59. The van der Waals surface area contributed by atoms with E-state index in [-0.39, 0.29) is 0 Å². The molecule has 0 bridgehead atoms. The van der Waals surface area contributed by atoms with Crippen LogP contribution in [0.25, 0.3) is 0 Å². The summed E-state index contributed by atoms with van der Waals surface area (Å²) in [6.07, 6.45) is 14.2. The molecule has 0 aliphatic heterocycles. The predicted molar refractivity (Wildman–Crippen MR) is 128 cm³/mol. The van der Waals surface area contributed by atoms with Gasteiger partial charge in [-0.1, -0.05) is 63.4 Å². The monoisotopic (exact) mass is 404 g/mol. The van der Waals surface area contributed by atoms with Gasteiger partial charge >= 0.3 is 0 Å². The van der Waals surface area contributed by atoms with Gasteiger partial charge in [-0.15, -0.1) is 0 Å². The van der Waals surface area contributed by atoms with E-state index in [9.17, 15) is 0 Å². The van der Waals surface area contributed by atoms with Crippen molar-refractivity contribution in [2.24, 2.45) is 5.92 Å². The fraction of sp³-hybridized carbons (Fsp3) is 0.586. The Bertz CT molecular complexity index is 783. The highest BCUT2D eigenvalue weighted by Crippen LogP contribution is 2.38. The molecule has 1 heteroatoms. The van der Waals surface area contributed by atoms with Gasteiger partial charge in [0.2, 0.25) is 0 Å². The maximum absolute atomic E-state index is 5.97. The van der Waals surface area contributed by atoms with E-state index in [2.05, 4.69) is 56.3 Å². The summed E-state index contributed by atoms with van der Waals surface area (Å²) in [5.74, 6) is 3.50. The lowest BCUT2D eigenvalue weighted by atomic mass is 9.76. The number of unbranched alkanes of at least 4 members (excludes halogenated alkanes) is 2. The van der Waals surface area contributed by atoms with E-state index in [1.807, 2.05) is 0 Å². The lowest BCUT2D eigenvalue weighted by Gasteiger charge is -2.29. The maximum Gasteiger partial charge on any atom is 0.119 e. The van der Waals surface area contributed by atoms with Crippen molar-refractivity contribution in [1.29, 1.82) is 0 Å². The Morgan fingerprint density at radius 2 is 1.50 bits per heavy atom. The number of hydrogen-bond acceptors (Lipinski definition) is 1. The van der Waals surface area contributed by atoms with Gasteiger partial charge in [0.1, 0.15) is 5.75 Å². The number of aryl methyl sites for hydroxylation is 1. The Labute approximate surface area is 184 Å². The van der Waals surface area contributed by atoms with Crippen LogP contribution in [0, 0.1) is 5.92 Å². The summed E-state index contributed by atoms with van der Waals surface area (Å²) in [5.41, 5.74) is 6.14. The van der Waals surface area contributed by atoms with Gasteiger partial charge in [-0.3, -0.25) is 0 Å². The topological polar surface area (TPSA) is 9.23 Å². The number of fused-ring (bicyclic) bond motifs is 1. The molecule has 0 aromatic heterocycles. The summed E-state index contributed by atoms with van der Waals surface area (Å²) >= 11 is 0. The van der Waals surface area contributed by atoms with Gasteiger partial charge in [0.05, 0.1) is 6.61 Å². The van der Waals surface area contributed by atoms with Crippen LogP contribution in [0.3, 0.4) is 0 Å². The summed E-state index contributed by atoms with van der Waals surface area (Å²) < 4.78 is 5.97. The molecule has 1 fully saturated rings. The Morgan fingerprint density at radius 1 is 0.767 bits per heavy atom. The zero-order valence-electron chi connectivity index (χ0n) is 19.2. The molecule has 30 heavy (non-hydrogen) atoms. The Balaban J connectivity index is 1.34. The number of rotatable bonds is 8. The Hall–Kier alpha value is -1.76. The molecule has 0 radical (unpaired) electrons. The van der Waals surface area contributed by atoms with Gasteiger partial charge < -0.3 is 4.74 Å². The Morgan fingerprint density at radius 3 is 2.20 bits per heavy atom. The molecule has 1 saturated carbocycles. The van der Waals surface area contributed by atoms with E-state index in [1.165, 1.54) is 80.9 Å². The highest BCUT2D eigenvalue weighted by molar-refractivity contribution is 5.40. The normalized spacial score (nSPS) is 23.7. The molecule has 2 aromatic carbocycles. The Kier molecular flexibility index (Phi) is 7.52. The molecule has 0 saturated heterocycles. The van der Waals surface area contributed by atoms with Crippen LogP contribution in [0.4, 0.5) is 0 Å². The average Bonchev–Trinajstić information content (AvgIpc) is 2.81. The van der Waals surface area contributed by atoms with Crippen molar-refractivity contribution in [2.75, 3.05) is 6.61 Å². The van der Waals surface area contributed by atoms with E-state index in [1.54, 1.807) is 5.56 Å². The molecule has 0 amide bonds. The molecule has 0 heterocycles. The van der Waals surface area contributed by atoms with Gasteiger partial charge in [0, 0.05) is 0 Å². The molecule has 2 aliphatic carbocycles. The molecule has 162 valence electrons. The van der Waals surface area contributed by atoms with Gasteiger partial charge in [0.15, 0.2) is 0 Å². The molecule has 0 spiro atoms. The van der Waals surface area contributed by atoms with Gasteiger partial charge in [-0.2, -0.15) is 0 Å². The van der Waals surface area contributed by atoms with Crippen LogP contribution in [-0.4, -0.2) is 6.61 Å².